The van der Waals surface area contributed by atoms with Crippen LogP contribution in [0.3, 0.4) is 0 Å². The molecule has 0 fully saturated rings. The van der Waals surface area contributed by atoms with E-state index in [2.05, 4.69) is 26.7 Å². The van der Waals surface area contributed by atoms with Crippen molar-refractivity contribution in [1.29, 1.82) is 5.26 Å². The van der Waals surface area contributed by atoms with Gasteiger partial charge in [-0.1, -0.05) is 6.07 Å². The van der Waals surface area contributed by atoms with E-state index in [-0.39, 0.29) is 0 Å². The lowest BCUT2D eigenvalue weighted by atomic mass is 10.3. The van der Waals surface area contributed by atoms with Gasteiger partial charge in [0.05, 0.1) is 11.9 Å². The lowest BCUT2D eigenvalue weighted by molar-refractivity contribution is 0.662. The molecule has 5 heteroatoms. The van der Waals surface area contributed by atoms with Gasteiger partial charge in [0, 0.05) is 25.5 Å². The summed E-state index contributed by atoms with van der Waals surface area (Å²) in [6.45, 7) is 2.64. The van der Waals surface area contributed by atoms with E-state index >= 15 is 0 Å². The van der Waals surface area contributed by atoms with E-state index in [1.54, 1.807) is 18.5 Å². The number of nitrogens with one attached hydrogen (secondary N) is 2. The van der Waals surface area contributed by atoms with Crippen LogP contribution < -0.4 is 10.6 Å². The van der Waals surface area contributed by atoms with E-state index in [1.165, 1.54) is 5.56 Å². The van der Waals surface area contributed by atoms with E-state index in [0.29, 0.717) is 5.69 Å². The Morgan fingerprint density at radius 1 is 1.15 bits per heavy atom. The summed E-state index contributed by atoms with van der Waals surface area (Å²) >= 11 is 0. The van der Waals surface area contributed by atoms with Crippen molar-refractivity contribution < 1.29 is 0 Å². The number of pyridine rings is 2. The van der Waals surface area contributed by atoms with E-state index in [0.717, 1.165) is 31.7 Å². The Hall–Kier alpha value is -2.45. The van der Waals surface area contributed by atoms with Crippen LogP contribution in [-0.4, -0.2) is 23.1 Å². The van der Waals surface area contributed by atoms with Gasteiger partial charge in [0.25, 0.3) is 0 Å². The first-order chi connectivity index (χ1) is 9.88. The summed E-state index contributed by atoms with van der Waals surface area (Å²) in [4.78, 5) is 8.08. The quantitative estimate of drug-likeness (QED) is 0.750. The highest BCUT2D eigenvalue weighted by Gasteiger charge is 1.95. The number of anilines is 1. The number of nitriles is 1. The standard InChI is InChI=1S/C15H17N5/c16-9-14-4-5-15(12-20-14)19-8-2-7-18-11-13-3-1-6-17-10-13/h1,3-6,10,12,18-19H,2,7-8,11H2. The van der Waals surface area contributed by atoms with Crippen LogP contribution in [0.25, 0.3) is 0 Å². The normalized spacial score (nSPS) is 9.95. The third kappa shape index (κ3) is 4.67. The van der Waals surface area contributed by atoms with Gasteiger partial charge in [-0.15, -0.1) is 0 Å². The van der Waals surface area contributed by atoms with Crippen LogP contribution in [0.2, 0.25) is 0 Å². The number of rotatable bonds is 7. The van der Waals surface area contributed by atoms with Crippen LogP contribution in [0.4, 0.5) is 5.69 Å². The molecule has 0 unspecified atom stereocenters. The van der Waals surface area contributed by atoms with Crippen molar-refractivity contribution in [3.8, 4) is 6.07 Å². The number of nitrogens with zero attached hydrogens (tertiary/aromatic N) is 3. The number of hydrogen-bond donors (Lipinski definition) is 2. The molecule has 2 aromatic rings. The zero-order chi connectivity index (χ0) is 14.0. The maximum absolute atomic E-state index is 8.65. The Labute approximate surface area is 118 Å². The summed E-state index contributed by atoms with van der Waals surface area (Å²) in [5.74, 6) is 0. The van der Waals surface area contributed by atoms with E-state index in [9.17, 15) is 0 Å². The molecule has 2 rings (SSSR count). The van der Waals surface area contributed by atoms with Gasteiger partial charge >= 0.3 is 0 Å². The molecule has 0 saturated carbocycles. The molecule has 2 heterocycles. The van der Waals surface area contributed by atoms with Gasteiger partial charge in [0.1, 0.15) is 11.8 Å². The van der Waals surface area contributed by atoms with E-state index in [4.69, 9.17) is 5.26 Å². The summed E-state index contributed by atoms with van der Waals surface area (Å²) in [7, 11) is 0. The summed E-state index contributed by atoms with van der Waals surface area (Å²) in [6, 6.07) is 9.58. The topological polar surface area (TPSA) is 73.6 Å². The first kappa shape index (κ1) is 14.0. The second-order valence-electron chi connectivity index (χ2n) is 4.36. The van der Waals surface area contributed by atoms with Gasteiger partial charge in [0.15, 0.2) is 0 Å². The van der Waals surface area contributed by atoms with Crippen LogP contribution >= 0.6 is 0 Å². The van der Waals surface area contributed by atoms with Gasteiger partial charge in [-0.05, 0) is 36.7 Å². The van der Waals surface area contributed by atoms with Gasteiger partial charge in [-0.2, -0.15) is 5.26 Å². The van der Waals surface area contributed by atoms with Crippen LogP contribution in [-0.2, 0) is 6.54 Å². The fourth-order valence-electron chi connectivity index (χ4n) is 1.75. The van der Waals surface area contributed by atoms with Gasteiger partial charge in [-0.3, -0.25) is 4.98 Å². The third-order valence-electron chi connectivity index (χ3n) is 2.79. The average Bonchev–Trinajstić information content (AvgIpc) is 2.52. The second kappa shape index (κ2) is 7.87. The highest BCUT2D eigenvalue weighted by atomic mass is 14.9. The minimum absolute atomic E-state index is 0.439. The fraction of sp³-hybridized carbons (Fsp3) is 0.267. The summed E-state index contributed by atoms with van der Waals surface area (Å²) in [6.07, 6.45) is 6.34. The molecule has 102 valence electrons. The Bertz CT molecular complexity index is 545. The molecule has 0 amide bonds. The van der Waals surface area contributed by atoms with Gasteiger partial charge < -0.3 is 10.6 Å². The summed E-state index contributed by atoms with van der Waals surface area (Å²) in [5, 5.41) is 15.3. The minimum Gasteiger partial charge on any atom is -0.384 e. The molecule has 0 aliphatic carbocycles. The zero-order valence-corrected chi connectivity index (χ0v) is 11.2. The Morgan fingerprint density at radius 2 is 2.10 bits per heavy atom. The Morgan fingerprint density at radius 3 is 2.80 bits per heavy atom. The molecule has 0 atom stereocenters. The molecule has 0 aliphatic heterocycles. The van der Waals surface area contributed by atoms with Crippen molar-refractivity contribution in [2.75, 3.05) is 18.4 Å². The Balaban J connectivity index is 1.58. The summed E-state index contributed by atoms with van der Waals surface area (Å²) in [5.41, 5.74) is 2.57. The molecule has 5 nitrogen and oxygen atoms in total. The molecule has 0 saturated heterocycles. The lowest BCUT2D eigenvalue weighted by Crippen LogP contribution is -2.17. The molecule has 0 aromatic carbocycles. The van der Waals surface area contributed by atoms with Crippen molar-refractivity contribution in [3.63, 3.8) is 0 Å². The Kier molecular flexibility index (Phi) is 5.50. The first-order valence-corrected chi connectivity index (χ1v) is 6.58. The predicted octanol–water partition coefficient (Wildman–Crippen LogP) is 1.94. The van der Waals surface area contributed by atoms with Crippen molar-refractivity contribution in [1.82, 2.24) is 15.3 Å². The average molecular weight is 267 g/mol. The van der Waals surface area contributed by atoms with Crippen molar-refractivity contribution in [2.24, 2.45) is 0 Å². The molecule has 20 heavy (non-hydrogen) atoms. The molecular weight excluding hydrogens is 250 g/mol. The van der Waals surface area contributed by atoms with Crippen molar-refractivity contribution in [3.05, 3.63) is 54.1 Å². The maximum Gasteiger partial charge on any atom is 0.140 e. The minimum atomic E-state index is 0.439. The highest BCUT2D eigenvalue weighted by Crippen LogP contribution is 2.05. The lowest BCUT2D eigenvalue weighted by Gasteiger charge is -2.07. The molecule has 0 radical (unpaired) electrons. The molecule has 2 N–H and O–H groups in total. The van der Waals surface area contributed by atoms with Crippen molar-refractivity contribution >= 4 is 5.69 Å². The van der Waals surface area contributed by atoms with Crippen LogP contribution in [0, 0.1) is 11.3 Å². The highest BCUT2D eigenvalue weighted by molar-refractivity contribution is 5.42. The first-order valence-electron chi connectivity index (χ1n) is 6.58. The zero-order valence-electron chi connectivity index (χ0n) is 11.2. The van der Waals surface area contributed by atoms with Crippen LogP contribution in [0.5, 0.6) is 0 Å². The van der Waals surface area contributed by atoms with E-state index in [1.807, 2.05) is 24.4 Å². The van der Waals surface area contributed by atoms with Crippen LogP contribution in [0.15, 0.2) is 42.9 Å². The molecule has 0 bridgehead atoms. The van der Waals surface area contributed by atoms with Crippen LogP contribution in [0.1, 0.15) is 17.7 Å². The largest absolute Gasteiger partial charge is 0.384 e. The van der Waals surface area contributed by atoms with Crippen molar-refractivity contribution in [2.45, 2.75) is 13.0 Å². The number of hydrogen-bond acceptors (Lipinski definition) is 5. The van der Waals surface area contributed by atoms with E-state index < -0.39 is 0 Å². The number of aromatic nitrogens is 2. The molecule has 0 spiro atoms. The predicted molar refractivity (Wildman–Crippen MR) is 78.0 cm³/mol. The second-order valence-corrected chi connectivity index (χ2v) is 4.36. The maximum atomic E-state index is 8.65. The molecular formula is C15H17N5. The monoisotopic (exact) mass is 267 g/mol. The van der Waals surface area contributed by atoms with Gasteiger partial charge in [0.2, 0.25) is 0 Å². The molecule has 0 aliphatic rings. The smallest absolute Gasteiger partial charge is 0.140 e. The fourth-order valence-corrected chi connectivity index (χ4v) is 1.75. The summed E-state index contributed by atoms with van der Waals surface area (Å²) < 4.78 is 0. The molecule has 2 aromatic heterocycles. The third-order valence-corrected chi connectivity index (χ3v) is 2.79. The SMILES string of the molecule is N#Cc1ccc(NCCCNCc2cccnc2)cn1. The van der Waals surface area contributed by atoms with Gasteiger partial charge in [-0.25, -0.2) is 4.98 Å².